The molecule has 0 aliphatic carbocycles. The SMILES string of the molecule is [NH]CCCCNc1ccccc1C(=O)O. The average molecular weight is 207 g/mol. The Morgan fingerprint density at radius 3 is 2.73 bits per heavy atom. The zero-order chi connectivity index (χ0) is 11.1. The molecule has 81 valence electrons. The Kier molecular flexibility index (Phi) is 4.63. The highest BCUT2D eigenvalue weighted by molar-refractivity contribution is 5.94. The lowest BCUT2D eigenvalue weighted by atomic mass is 10.1. The molecule has 15 heavy (non-hydrogen) atoms. The number of rotatable bonds is 6. The number of hydrogen-bond donors (Lipinski definition) is 2. The van der Waals surface area contributed by atoms with Gasteiger partial charge >= 0.3 is 5.97 Å². The molecule has 0 unspecified atom stereocenters. The van der Waals surface area contributed by atoms with E-state index in [4.69, 9.17) is 10.8 Å². The van der Waals surface area contributed by atoms with Gasteiger partial charge in [-0.05, 0) is 25.0 Å². The van der Waals surface area contributed by atoms with Crippen LogP contribution in [0.25, 0.3) is 0 Å². The lowest BCUT2D eigenvalue weighted by Crippen LogP contribution is -2.07. The van der Waals surface area contributed by atoms with Crippen molar-refractivity contribution in [1.29, 1.82) is 0 Å². The van der Waals surface area contributed by atoms with Crippen molar-refractivity contribution in [3.05, 3.63) is 29.8 Å². The molecule has 0 amide bonds. The third kappa shape index (κ3) is 3.59. The van der Waals surface area contributed by atoms with Gasteiger partial charge in [-0.2, -0.15) is 0 Å². The van der Waals surface area contributed by atoms with Crippen molar-refractivity contribution in [2.75, 3.05) is 18.4 Å². The number of aromatic carboxylic acids is 1. The van der Waals surface area contributed by atoms with Gasteiger partial charge in [0.25, 0.3) is 0 Å². The van der Waals surface area contributed by atoms with Gasteiger partial charge in [-0.25, -0.2) is 4.79 Å². The highest BCUT2D eigenvalue weighted by Crippen LogP contribution is 2.14. The van der Waals surface area contributed by atoms with E-state index in [1.54, 1.807) is 24.3 Å². The summed E-state index contributed by atoms with van der Waals surface area (Å²) in [5.41, 5.74) is 7.92. The Labute approximate surface area is 89.1 Å². The summed E-state index contributed by atoms with van der Waals surface area (Å²) in [4.78, 5) is 10.8. The number of nitrogens with one attached hydrogen (secondary N) is 2. The number of hydrogen-bond acceptors (Lipinski definition) is 2. The number of carboxylic acids is 1. The highest BCUT2D eigenvalue weighted by atomic mass is 16.4. The zero-order valence-electron chi connectivity index (χ0n) is 8.49. The fourth-order valence-corrected chi connectivity index (χ4v) is 1.30. The molecule has 0 atom stereocenters. The molecule has 1 aromatic rings. The van der Waals surface area contributed by atoms with E-state index in [1.165, 1.54) is 0 Å². The van der Waals surface area contributed by atoms with Gasteiger partial charge in [0, 0.05) is 18.8 Å². The van der Waals surface area contributed by atoms with Crippen LogP contribution in [0.3, 0.4) is 0 Å². The standard InChI is InChI=1S/C11H15N2O2/c12-7-3-4-8-13-10-6-2-1-5-9(10)11(14)15/h1-2,5-6,12-13H,3-4,7-8H2,(H,14,15). The second kappa shape index (κ2) is 6.03. The zero-order valence-corrected chi connectivity index (χ0v) is 8.49. The second-order valence-corrected chi connectivity index (χ2v) is 3.23. The van der Waals surface area contributed by atoms with Crippen LogP contribution in [0.4, 0.5) is 5.69 Å². The van der Waals surface area contributed by atoms with Gasteiger partial charge in [0.15, 0.2) is 0 Å². The monoisotopic (exact) mass is 207 g/mol. The molecule has 1 radical (unpaired) electrons. The fraction of sp³-hybridized carbons (Fsp3) is 0.364. The van der Waals surface area contributed by atoms with E-state index >= 15 is 0 Å². The summed E-state index contributed by atoms with van der Waals surface area (Å²) in [5.74, 6) is -0.918. The van der Waals surface area contributed by atoms with Crippen molar-refractivity contribution in [3.63, 3.8) is 0 Å². The van der Waals surface area contributed by atoms with Crippen molar-refractivity contribution in [1.82, 2.24) is 5.73 Å². The molecule has 0 bridgehead atoms. The van der Waals surface area contributed by atoms with E-state index in [0.29, 0.717) is 24.3 Å². The van der Waals surface area contributed by atoms with Crippen LogP contribution >= 0.6 is 0 Å². The Bertz CT molecular complexity index is 326. The van der Waals surface area contributed by atoms with Crippen LogP contribution in [0.2, 0.25) is 0 Å². The van der Waals surface area contributed by atoms with Crippen molar-refractivity contribution < 1.29 is 9.90 Å². The van der Waals surface area contributed by atoms with Gasteiger partial charge in [-0.3, -0.25) is 5.73 Å². The lowest BCUT2D eigenvalue weighted by Gasteiger charge is -2.08. The summed E-state index contributed by atoms with van der Waals surface area (Å²) in [6.07, 6.45) is 1.72. The highest BCUT2D eigenvalue weighted by Gasteiger charge is 2.07. The number of anilines is 1. The van der Waals surface area contributed by atoms with Crippen LogP contribution in [-0.2, 0) is 0 Å². The fourth-order valence-electron chi connectivity index (χ4n) is 1.30. The first-order valence-electron chi connectivity index (χ1n) is 4.96. The molecule has 1 rings (SSSR count). The van der Waals surface area contributed by atoms with Crippen LogP contribution in [0, 0.1) is 0 Å². The van der Waals surface area contributed by atoms with Gasteiger partial charge in [0.1, 0.15) is 0 Å². The van der Waals surface area contributed by atoms with Crippen LogP contribution in [0.15, 0.2) is 24.3 Å². The maximum Gasteiger partial charge on any atom is 0.337 e. The topological polar surface area (TPSA) is 73.1 Å². The maximum atomic E-state index is 10.8. The summed E-state index contributed by atoms with van der Waals surface area (Å²) in [6.45, 7) is 1.13. The van der Waals surface area contributed by atoms with Crippen molar-refractivity contribution in [2.45, 2.75) is 12.8 Å². The number of carbonyl (C=O) groups is 1. The van der Waals surface area contributed by atoms with Gasteiger partial charge in [0.2, 0.25) is 0 Å². The van der Waals surface area contributed by atoms with E-state index in [9.17, 15) is 4.79 Å². The molecular weight excluding hydrogens is 192 g/mol. The molecule has 4 nitrogen and oxygen atoms in total. The van der Waals surface area contributed by atoms with Crippen molar-refractivity contribution >= 4 is 11.7 Å². The van der Waals surface area contributed by atoms with Crippen LogP contribution in [0.5, 0.6) is 0 Å². The van der Waals surface area contributed by atoms with E-state index in [0.717, 1.165) is 12.8 Å². The van der Waals surface area contributed by atoms with Gasteiger partial charge in [-0.15, -0.1) is 0 Å². The van der Waals surface area contributed by atoms with E-state index in [2.05, 4.69) is 5.32 Å². The number of carboxylic acid groups (broad SMARTS) is 1. The first-order valence-corrected chi connectivity index (χ1v) is 4.96. The minimum atomic E-state index is -0.918. The van der Waals surface area contributed by atoms with Crippen LogP contribution in [-0.4, -0.2) is 24.2 Å². The maximum absolute atomic E-state index is 10.8. The number of benzene rings is 1. The summed E-state index contributed by atoms with van der Waals surface area (Å²) in [6, 6.07) is 6.84. The molecule has 0 aromatic heterocycles. The molecular formula is C11H15N2O2. The minimum absolute atomic E-state index is 0.295. The largest absolute Gasteiger partial charge is 0.478 e. The van der Waals surface area contributed by atoms with E-state index in [-0.39, 0.29) is 0 Å². The van der Waals surface area contributed by atoms with E-state index in [1.807, 2.05) is 0 Å². The smallest absolute Gasteiger partial charge is 0.337 e. The molecule has 0 saturated carbocycles. The molecule has 0 spiro atoms. The molecule has 0 aliphatic heterocycles. The molecule has 1 aromatic carbocycles. The molecule has 3 N–H and O–H groups in total. The number of unbranched alkanes of at least 4 members (excludes halogenated alkanes) is 1. The van der Waals surface area contributed by atoms with Gasteiger partial charge in [0.05, 0.1) is 5.56 Å². The van der Waals surface area contributed by atoms with Crippen molar-refractivity contribution in [3.8, 4) is 0 Å². The van der Waals surface area contributed by atoms with Gasteiger partial charge < -0.3 is 10.4 Å². The lowest BCUT2D eigenvalue weighted by molar-refractivity contribution is 0.0698. The third-order valence-electron chi connectivity index (χ3n) is 2.08. The molecule has 4 heteroatoms. The third-order valence-corrected chi connectivity index (χ3v) is 2.08. The van der Waals surface area contributed by atoms with Crippen LogP contribution in [0.1, 0.15) is 23.2 Å². The van der Waals surface area contributed by atoms with E-state index < -0.39 is 5.97 Å². The molecule has 0 aliphatic rings. The first-order chi connectivity index (χ1) is 7.25. The predicted octanol–water partition coefficient (Wildman–Crippen LogP) is 1.86. The molecule has 0 heterocycles. The summed E-state index contributed by atoms with van der Waals surface area (Å²) in [7, 11) is 0. The summed E-state index contributed by atoms with van der Waals surface area (Å²) >= 11 is 0. The summed E-state index contributed by atoms with van der Waals surface area (Å²) < 4.78 is 0. The Hall–Kier alpha value is -1.55. The minimum Gasteiger partial charge on any atom is -0.478 e. The average Bonchev–Trinajstić information content (AvgIpc) is 2.25. The number of para-hydroxylation sites is 1. The predicted molar refractivity (Wildman–Crippen MR) is 59.1 cm³/mol. The quantitative estimate of drug-likeness (QED) is 0.699. The van der Waals surface area contributed by atoms with Crippen molar-refractivity contribution in [2.24, 2.45) is 0 Å². The summed E-state index contributed by atoms with van der Waals surface area (Å²) in [5, 5.41) is 12.0. The molecule has 0 fully saturated rings. The molecule has 0 saturated heterocycles. The Morgan fingerprint density at radius 2 is 2.07 bits per heavy atom. The first kappa shape index (κ1) is 11.5. The second-order valence-electron chi connectivity index (χ2n) is 3.23. The Balaban J connectivity index is 2.56. The Morgan fingerprint density at radius 1 is 1.33 bits per heavy atom. The normalized spacial score (nSPS) is 9.93. The van der Waals surface area contributed by atoms with Crippen LogP contribution < -0.4 is 11.1 Å². The van der Waals surface area contributed by atoms with Gasteiger partial charge in [-0.1, -0.05) is 12.1 Å².